The van der Waals surface area contributed by atoms with Gasteiger partial charge < -0.3 is 25.2 Å². The lowest BCUT2D eigenvalue weighted by atomic mass is 10.2. The van der Waals surface area contributed by atoms with Crippen LogP contribution in [0, 0.1) is 0 Å². The number of anilines is 1. The van der Waals surface area contributed by atoms with E-state index in [0.29, 0.717) is 19.0 Å². The Kier molecular flexibility index (Phi) is 9.04. The number of amides is 1. The summed E-state index contributed by atoms with van der Waals surface area (Å²) in [4.78, 5) is 23.7. The minimum absolute atomic E-state index is 0.0659. The van der Waals surface area contributed by atoms with E-state index < -0.39 is 0 Å². The number of nitrogens with one attached hydrogen (secondary N) is 2. The molecular formula is C21H33ClN6O2. The van der Waals surface area contributed by atoms with E-state index in [9.17, 15) is 4.79 Å². The molecule has 30 heavy (non-hydrogen) atoms. The zero-order valence-corrected chi connectivity index (χ0v) is 18.5. The number of hydrogen-bond donors (Lipinski definition) is 2. The fraction of sp³-hybridized carbons (Fsp3) is 0.619. The summed E-state index contributed by atoms with van der Waals surface area (Å²) >= 11 is 5.97. The summed E-state index contributed by atoms with van der Waals surface area (Å²) in [7, 11) is 0. The van der Waals surface area contributed by atoms with E-state index >= 15 is 0 Å². The summed E-state index contributed by atoms with van der Waals surface area (Å²) in [5.41, 5.74) is 1.14. The van der Waals surface area contributed by atoms with Gasteiger partial charge in [-0.05, 0) is 31.2 Å². The second kappa shape index (κ2) is 12.0. The van der Waals surface area contributed by atoms with Gasteiger partial charge in [-0.1, -0.05) is 11.6 Å². The summed E-state index contributed by atoms with van der Waals surface area (Å²) in [6, 6.07) is 7.85. The van der Waals surface area contributed by atoms with E-state index in [2.05, 4.69) is 25.4 Å². The number of aliphatic imine (C=N–C) groups is 1. The highest BCUT2D eigenvalue weighted by Gasteiger charge is 2.21. The van der Waals surface area contributed by atoms with E-state index in [0.717, 1.165) is 69.7 Å². The predicted octanol–water partition coefficient (Wildman–Crippen LogP) is 0.876. The predicted molar refractivity (Wildman–Crippen MR) is 121 cm³/mol. The molecule has 0 atom stereocenters. The first-order valence-electron chi connectivity index (χ1n) is 10.8. The summed E-state index contributed by atoms with van der Waals surface area (Å²) in [6.45, 7) is 11.3. The molecule has 8 nitrogen and oxygen atoms in total. The fourth-order valence-corrected chi connectivity index (χ4v) is 3.74. The Morgan fingerprint density at radius 3 is 2.43 bits per heavy atom. The van der Waals surface area contributed by atoms with Crippen molar-refractivity contribution in [3.05, 3.63) is 29.3 Å². The van der Waals surface area contributed by atoms with Gasteiger partial charge >= 0.3 is 0 Å². The monoisotopic (exact) mass is 436 g/mol. The van der Waals surface area contributed by atoms with Crippen LogP contribution in [0.4, 0.5) is 5.69 Å². The van der Waals surface area contributed by atoms with E-state index in [4.69, 9.17) is 16.3 Å². The van der Waals surface area contributed by atoms with Crippen molar-refractivity contribution in [2.75, 3.05) is 83.6 Å². The Labute approximate surface area is 184 Å². The van der Waals surface area contributed by atoms with Crippen LogP contribution in [0.3, 0.4) is 0 Å². The number of morpholine rings is 1. The number of carbonyl (C=O) groups excluding carboxylic acids is 1. The third-order valence-corrected chi connectivity index (χ3v) is 5.62. The molecule has 0 bridgehead atoms. The topological polar surface area (TPSA) is 72.4 Å². The molecule has 1 aromatic carbocycles. The highest BCUT2D eigenvalue weighted by atomic mass is 35.5. The van der Waals surface area contributed by atoms with Crippen LogP contribution in [0.2, 0.25) is 5.02 Å². The number of piperazine rings is 1. The summed E-state index contributed by atoms with van der Waals surface area (Å²) in [6.07, 6.45) is 0. The molecule has 1 aromatic rings. The number of ether oxygens (including phenoxy) is 1. The van der Waals surface area contributed by atoms with E-state index in [1.165, 1.54) is 0 Å². The minimum atomic E-state index is 0.0659. The average Bonchev–Trinajstić information content (AvgIpc) is 2.78. The first-order valence-corrected chi connectivity index (χ1v) is 11.1. The molecule has 2 saturated heterocycles. The van der Waals surface area contributed by atoms with E-state index in [1.807, 2.05) is 36.1 Å². The lowest BCUT2D eigenvalue weighted by Crippen LogP contribution is -2.50. The van der Waals surface area contributed by atoms with Gasteiger partial charge in [0, 0.05) is 69.6 Å². The summed E-state index contributed by atoms with van der Waals surface area (Å²) < 4.78 is 5.38. The smallest absolute Gasteiger partial charge is 0.244 e. The fourth-order valence-electron chi connectivity index (χ4n) is 3.61. The molecule has 0 aliphatic carbocycles. The van der Waals surface area contributed by atoms with Gasteiger partial charge in [-0.2, -0.15) is 0 Å². The Balaban J connectivity index is 1.41. The molecular weight excluding hydrogens is 404 g/mol. The lowest BCUT2D eigenvalue weighted by Gasteiger charge is -2.36. The van der Waals surface area contributed by atoms with Crippen molar-refractivity contribution in [2.45, 2.75) is 6.92 Å². The molecule has 166 valence electrons. The molecule has 2 aliphatic heterocycles. The van der Waals surface area contributed by atoms with Crippen molar-refractivity contribution in [3.8, 4) is 0 Å². The van der Waals surface area contributed by atoms with Crippen molar-refractivity contribution in [1.29, 1.82) is 0 Å². The third kappa shape index (κ3) is 7.04. The number of benzene rings is 1. The lowest BCUT2D eigenvalue weighted by molar-refractivity contribution is -0.129. The summed E-state index contributed by atoms with van der Waals surface area (Å²) in [5.74, 6) is 0.759. The van der Waals surface area contributed by atoms with E-state index in [1.54, 1.807) is 0 Å². The average molecular weight is 437 g/mol. The van der Waals surface area contributed by atoms with Crippen molar-refractivity contribution in [3.63, 3.8) is 0 Å². The quantitative estimate of drug-likeness (QED) is 0.488. The van der Waals surface area contributed by atoms with Crippen LogP contribution in [0.1, 0.15) is 6.92 Å². The molecule has 2 aliphatic rings. The number of nitrogens with zero attached hydrogens (tertiary/aromatic N) is 4. The second-order valence-corrected chi connectivity index (χ2v) is 7.86. The van der Waals surface area contributed by atoms with E-state index in [-0.39, 0.29) is 12.5 Å². The highest BCUT2D eigenvalue weighted by molar-refractivity contribution is 6.30. The normalized spacial score (nSPS) is 18.4. The number of halogens is 1. The van der Waals surface area contributed by atoms with Gasteiger partial charge in [-0.3, -0.25) is 9.69 Å². The van der Waals surface area contributed by atoms with Crippen molar-refractivity contribution in [2.24, 2.45) is 4.99 Å². The molecule has 2 fully saturated rings. The molecule has 2 N–H and O–H groups in total. The maximum absolute atomic E-state index is 12.6. The van der Waals surface area contributed by atoms with Gasteiger partial charge in [0.2, 0.25) is 5.91 Å². The maximum Gasteiger partial charge on any atom is 0.244 e. The SMILES string of the molecule is CCNC(=NCC(=O)N1CCN(c2ccc(Cl)cc2)CC1)NCCN1CCOCC1. The molecule has 0 radical (unpaired) electrons. The zero-order chi connectivity index (χ0) is 21.2. The Hall–Kier alpha value is -2.03. The Morgan fingerprint density at radius 1 is 1.07 bits per heavy atom. The molecule has 0 unspecified atom stereocenters. The van der Waals surface area contributed by atoms with Crippen LogP contribution >= 0.6 is 11.6 Å². The van der Waals surface area contributed by atoms with Gasteiger partial charge in [0.05, 0.1) is 13.2 Å². The molecule has 2 heterocycles. The first-order chi connectivity index (χ1) is 14.7. The molecule has 0 saturated carbocycles. The number of hydrogen-bond acceptors (Lipinski definition) is 5. The third-order valence-electron chi connectivity index (χ3n) is 5.36. The van der Waals surface area contributed by atoms with Crippen LogP contribution in [-0.4, -0.2) is 100 Å². The molecule has 1 amide bonds. The first kappa shape index (κ1) is 22.7. The standard InChI is InChI=1S/C21H33ClN6O2/c1-2-23-21(24-7-8-26-13-15-30-16-14-26)25-17-20(29)28-11-9-27(10-12-28)19-5-3-18(22)4-6-19/h3-6H,2,7-17H2,1H3,(H2,23,24,25). The Bertz CT molecular complexity index is 685. The Morgan fingerprint density at radius 2 is 1.77 bits per heavy atom. The van der Waals surface area contributed by atoms with Crippen LogP contribution in [0.15, 0.2) is 29.3 Å². The minimum Gasteiger partial charge on any atom is -0.379 e. The zero-order valence-electron chi connectivity index (χ0n) is 17.8. The van der Waals surface area contributed by atoms with Crippen molar-refractivity contribution < 1.29 is 9.53 Å². The maximum atomic E-state index is 12.6. The van der Waals surface area contributed by atoms with Crippen LogP contribution in [0.25, 0.3) is 0 Å². The van der Waals surface area contributed by atoms with Crippen LogP contribution < -0.4 is 15.5 Å². The highest BCUT2D eigenvalue weighted by Crippen LogP contribution is 2.19. The van der Waals surface area contributed by atoms with Gasteiger partial charge in [0.15, 0.2) is 5.96 Å². The van der Waals surface area contributed by atoms with Gasteiger partial charge in [-0.25, -0.2) is 4.99 Å². The number of rotatable bonds is 7. The van der Waals surface area contributed by atoms with Gasteiger partial charge in [0.25, 0.3) is 0 Å². The van der Waals surface area contributed by atoms with Gasteiger partial charge in [-0.15, -0.1) is 0 Å². The van der Waals surface area contributed by atoms with Crippen molar-refractivity contribution >= 4 is 29.2 Å². The summed E-state index contributed by atoms with van der Waals surface area (Å²) in [5, 5.41) is 7.28. The molecule has 0 spiro atoms. The second-order valence-electron chi connectivity index (χ2n) is 7.42. The largest absolute Gasteiger partial charge is 0.379 e. The molecule has 9 heteroatoms. The molecule has 0 aromatic heterocycles. The number of guanidine groups is 1. The van der Waals surface area contributed by atoms with Crippen LogP contribution in [-0.2, 0) is 9.53 Å². The number of carbonyl (C=O) groups is 1. The van der Waals surface area contributed by atoms with Crippen molar-refractivity contribution in [1.82, 2.24) is 20.4 Å². The van der Waals surface area contributed by atoms with Crippen LogP contribution in [0.5, 0.6) is 0 Å². The van der Waals surface area contributed by atoms with Gasteiger partial charge in [0.1, 0.15) is 6.54 Å². The molecule has 3 rings (SSSR count).